The molecule has 65 heavy (non-hydrogen) atoms. The van der Waals surface area contributed by atoms with Crippen molar-refractivity contribution < 1.29 is 8.83 Å². The van der Waals surface area contributed by atoms with Crippen molar-refractivity contribution in [2.45, 2.75) is 0 Å². The molecule has 3 aromatic heterocycles. The van der Waals surface area contributed by atoms with E-state index in [1.165, 1.54) is 54.5 Å². The largest absolute Gasteiger partial charge is 0.455 e. The second kappa shape index (κ2) is 13.9. The van der Waals surface area contributed by atoms with E-state index in [1.54, 1.807) is 0 Å². The molecule has 0 amide bonds. The zero-order valence-electron chi connectivity index (χ0n) is 35.1. The summed E-state index contributed by atoms with van der Waals surface area (Å²) in [5.74, 6) is 0.842. The predicted molar refractivity (Wildman–Crippen MR) is 272 cm³/mol. The lowest BCUT2D eigenvalue weighted by atomic mass is 9.84. The van der Waals surface area contributed by atoms with Crippen LogP contribution in [0, 0.1) is 0 Å². The van der Waals surface area contributed by atoms with Gasteiger partial charge in [0.15, 0.2) is 0 Å². The van der Waals surface area contributed by atoms with Gasteiger partial charge in [-0.1, -0.05) is 176 Å². The van der Waals surface area contributed by atoms with Crippen LogP contribution < -0.4 is 0 Å². The van der Waals surface area contributed by atoms with Gasteiger partial charge in [0, 0.05) is 54.9 Å². The Bertz CT molecular complexity index is 4170. The van der Waals surface area contributed by atoms with Gasteiger partial charge in [-0.05, 0) is 97.5 Å². The number of furan rings is 2. The van der Waals surface area contributed by atoms with Crippen LogP contribution in [0.2, 0.25) is 0 Å². The summed E-state index contributed by atoms with van der Waals surface area (Å²) in [6.45, 7) is 0. The molecule has 14 aromatic rings. The van der Waals surface area contributed by atoms with E-state index < -0.39 is 0 Å². The van der Waals surface area contributed by atoms with E-state index in [4.69, 9.17) is 8.83 Å². The van der Waals surface area contributed by atoms with Crippen LogP contribution in [-0.2, 0) is 0 Å². The average molecular weight is 828 g/mol. The van der Waals surface area contributed by atoms with Gasteiger partial charge in [-0.2, -0.15) is 0 Å². The molecule has 0 saturated heterocycles. The third-order valence-corrected chi connectivity index (χ3v) is 13.6. The van der Waals surface area contributed by atoms with Crippen LogP contribution in [0.3, 0.4) is 0 Å². The number of benzene rings is 11. The van der Waals surface area contributed by atoms with E-state index in [1.807, 2.05) is 0 Å². The van der Waals surface area contributed by atoms with Gasteiger partial charge in [0.05, 0.1) is 11.0 Å². The van der Waals surface area contributed by atoms with Gasteiger partial charge in [-0.15, -0.1) is 0 Å². The van der Waals surface area contributed by atoms with E-state index >= 15 is 0 Å². The Kier molecular flexibility index (Phi) is 7.69. The summed E-state index contributed by atoms with van der Waals surface area (Å²) in [6, 6.07) is 80.7. The molecule has 11 aromatic carbocycles. The van der Waals surface area contributed by atoms with Gasteiger partial charge >= 0.3 is 0 Å². The molecule has 0 aliphatic carbocycles. The standard InChI is InChI=1S/C62H37NO2/c1-3-18-39(19-4-1)57-60-55(65-61(57)42-32-31-38-17-7-8-20-40(38)35-42)37-51(62-59(60)49-28-14-16-30-54(49)64-62)58-47-26-11-9-24-45(47)56(46-25-10-12-27-48(46)58)41-33-34-53-50(36-41)44-23-13-15-29-52(44)63(53)43-21-5-2-6-22-43/h1-37H. The number of hydrogen-bond donors (Lipinski definition) is 0. The van der Waals surface area contributed by atoms with Gasteiger partial charge in [-0.3, -0.25) is 0 Å². The van der Waals surface area contributed by atoms with Gasteiger partial charge in [0.1, 0.15) is 22.5 Å². The highest BCUT2D eigenvalue weighted by atomic mass is 16.3. The average Bonchev–Trinajstić information content (AvgIpc) is 4.06. The fraction of sp³-hybridized carbons (Fsp3) is 0. The molecule has 302 valence electrons. The Morgan fingerprint density at radius 1 is 0.308 bits per heavy atom. The first-order valence-corrected chi connectivity index (χ1v) is 22.2. The maximum Gasteiger partial charge on any atom is 0.144 e. The Hall–Kier alpha value is -8.66. The van der Waals surface area contributed by atoms with Crippen molar-refractivity contribution in [3.05, 3.63) is 224 Å². The maximum absolute atomic E-state index is 7.26. The first-order chi connectivity index (χ1) is 32.3. The highest BCUT2D eigenvalue weighted by molar-refractivity contribution is 6.30. The van der Waals surface area contributed by atoms with Crippen LogP contribution in [-0.4, -0.2) is 4.57 Å². The second-order valence-corrected chi connectivity index (χ2v) is 17.1. The van der Waals surface area contributed by atoms with Crippen LogP contribution in [0.1, 0.15) is 0 Å². The third kappa shape index (κ3) is 5.30. The minimum absolute atomic E-state index is 0.818. The van der Waals surface area contributed by atoms with Crippen molar-refractivity contribution in [1.82, 2.24) is 4.57 Å². The SMILES string of the molecule is c1ccc(-c2c(-c3ccc4ccccc4c3)oc3cc(-c4c5ccccc5c(-c5ccc6c(c5)c5ccccc5n6-c5ccccc5)c5ccccc45)c4oc5ccccc5c4c23)cc1. The monoisotopic (exact) mass is 827 g/mol. The lowest BCUT2D eigenvalue weighted by molar-refractivity contribution is 0.632. The Balaban J connectivity index is 1.08. The van der Waals surface area contributed by atoms with Crippen LogP contribution in [0.25, 0.3) is 137 Å². The summed E-state index contributed by atoms with van der Waals surface area (Å²) in [5, 5.41) is 12.7. The molecule has 0 aliphatic rings. The summed E-state index contributed by atoms with van der Waals surface area (Å²) in [6.07, 6.45) is 0. The Morgan fingerprint density at radius 3 is 1.65 bits per heavy atom. The van der Waals surface area contributed by atoms with E-state index in [2.05, 4.69) is 229 Å². The molecule has 0 bridgehead atoms. The molecule has 0 aliphatic heterocycles. The van der Waals surface area contributed by atoms with Gasteiger partial charge in [0.25, 0.3) is 0 Å². The topological polar surface area (TPSA) is 31.2 Å². The zero-order valence-corrected chi connectivity index (χ0v) is 35.1. The van der Waals surface area contributed by atoms with Gasteiger partial charge in [-0.25, -0.2) is 0 Å². The number of rotatable bonds is 5. The number of aromatic nitrogens is 1. The van der Waals surface area contributed by atoms with E-state index in [0.29, 0.717) is 0 Å². The Morgan fingerprint density at radius 2 is 0.892 bits per heavy atom. The van der Waals surface area contributed by atoms with Crippen molar-refractivity contribution in [2.75, 3.05) is 0 Å². The molecule has 0 atom stereocenters. The molecular formula is C62H37NO2. The minimum atomic E-state index is 0.818. The molecule has 0 N–H and O–H groups in total. The van der Waals surface area contributed by atoms with Crippen molar-refractivity contribution in [3.8, 4) is 50.4 Å². The molecule has 0 unspecified atom stereocenters. The summed E-state index contributed by atoms with van der Waals surface area (Å²) in [4.78, 5) is 0. The minimum Gasteiger partial charge on any atom is -0.455 e. The first kappa shape index (κ1) is 35.9. The highest BCUT2D eigenvalue weighted by Crippen LogP contribution is 2.52. The van der Waals surface area contributed by atoms with Gasteiger partial charge in [0.2, 0.25) is 0 Å². The predicted octanol–water partition coefficient (Wildman–Crippen LogP) is 17.6. The number of para-hydroxylation sites is 3. The van der Waals surface area contributed by atoms with Crippen LogP contribution >= 0.6 is 0 Å². The first-order valence-electron chi connectivity index (χ1n) is 22.2. The molecule has 0 spiro atoms. The quantitative estimate of drug-likeness (QED) is 0.162. The molecule has 14 rings (SSSR count). The van der Waals surface area contributed by atoms with Crippen molar-refractivity contribution in [2.24, 2.45) is 0 Å². The van der Waals surface area contributed by atoms with Crippen LogP contribution in [0.4, 0.5) is 0 Å². The number of fused-ring (bicyclic) bond motifs is 11. The molecular weight excluding hydrogens is 791 g/mol. The zero-order chi connectivity index (χ0) is 42.6. The smallest absolute Gasteiger partial charge is 0.144 e. The normalized spacial score (nSPS) is 12.0. The number of nitrogens with zero attached hydrogens (tertiary/aromatic N) is 1. The third-order valence-electron chi connectivity index (χ3n) is 13.6. The van der Waals surface area contributed by atoms with Crippen molar-refractivity contribution in [3.63, 3.8) is 0 Å². The molecule has 3 nitrogen and oxygen atoms in total. The lowest BCUT2D eigenvalue weighted by Gasteiger charge is -2.18. The number of hydrogen-bond acceptors (Lipinski definition) is 2. The fourth-order valence-electron chi connectivity index (χ4n) is 10.8. The van der Waals surface area contributed by atoms with E-state index in [-0.39, 0.29) is 0 Å². The summed E-state index contributed by atoms with van der Waals surface area (Å²) in [7, 11) is 0. The molecule has 0 radical (unpaired) electrons. The second-order valence-electron chi connectivity index (χ2n) is 17.1. The van der Waals surface area contributed by atoms with E-state index in [0.717, 1.165) is 82.9 Å². The fourth-order valence-corrected chi connectivity index (χ4v) is 10.8. The van der Waals surface area contributed by atoms with Gasteiger partial charge < -0.3 is 13.4 Å². The van der Waals surface area contributed by atoms with Crippen LogP contribution in [0.15, 0.2) is 233 Å². The molecule has 0 fully saturated rings. The van der Waals surface area contributed by atoms with Crippen LogP contribution in [0.5, 0.6) is 0 Å². The molecule has 0 saturated carbocycles. The van der Waals surface area contributed by atoms with Crippen molar-refractivity contribution in [1.29, 1.82) is 0 Å². The summed E-state index contributed by atoms with van der Waals surface area (Å²) < 4.78 is 16.7. The Labute approximate surface area is 373 Å². The summed E-state index contributed by atoms with van der Waals surface area (Å²) in [5.41, 5.74) is 13.7. The lowest BCUT2D eigenvalue weighted by Crippen LogP contribution is -1.93. The molecule has 3 heterocycles. The summed E-state index contributed by atoms with van der Waals surface area (Å²) >= 11 is 0. The van der Waals surface area contributed by atoms with Crippen molar-refractivity contribution >= 4 is 87.0 Å². The molecule has 3 heteroatoms. The highest BCUT2D eigenvalue weighted by Gasteiger charge is 2.28. The maximum atomic E-state index is 7.26. The van der Waals surface area contributed by atoms with E-state index in [9.17, 15) is 0 Å².